The molecule has 0 saturated carbocycles. The van der Waals surface area contributed by atoms with Crippen LogP contribution in [0.4, 0.5) is 0 Å². The predicted octanol–water partition coefficient (Wildman–Crippen LogP) is 12.0. The van der Waals surface area contributed by atoms with Crippen LogP contribution >= 0.6 is 0 Å². The van der Waals surface area contributed by atoms with Gasteiger partial charge in [-0.05, 0) is 12.8 Å². The Balaban J connectivity index is 3.81. The Kier molecular flexibility index (Phi) is 34.7. The van der Waals surface area contributed by atoms with Crippen LogP contribution < -0.4 is 5.32 Å². The lowest BCUT2D eigenvalue weighted by Gasteiger charge is -2.23. The molecule has 47 heavy (non-hydrogen) atoms. The van der Waals surface area contributed by atoms with E-state index in [0.717, 1.165) is 38.5 Å². The quantitative estimate of drug-likeness (QED) is 0.0443. The first-order valence-corrected chi connectivity index (χ1v) is 22.3. The molecule has 7 heteroatoms. The number of amides is 1. The van der Waals surface area contributed by atoms with E-state index in [9.17, 15) is 22.9 Å². The van der Waals surface area contributed by atoms with Gasteiger partial charge in [-0.1, -0.05) is 213 Å². The zero-order valence-electron chi connectivity index (χ0n) is 31.4. The summed E-state index contributed by atoms with van der Waals surface area (Å²) >= 11 is 0. The monoisotopic (exact) mass is 688 g/mol. The fourth-order valence-corrected chi connectivity index (χ4v) is 7.45. The molecule has 0 aromatic heterocycles. The van der Waals surface area contributed by atoms with Crippen molar-refractivity contribution in [2.75, 3.05) is 5.75 Å². The van der Waals surface area contributed by atoms with E-state index in [2.05, 4.69) is 19.2 Å². The van der Waals surface area contributed by atoms with Crippen molar-refractivity contribution in [2.24, 2.45) is 0 Å². The van der Waals surface area contributed by atoms with Crippen LogP contribution in [0, 0.1) is 0 Å². The summed E-state index contributed by atoms with van der Waals surface area (Å²) in [6.07, 6.45) is 40.5. The highest BCUT2D eigenvalue weighted by molar-refractivity contribution is 7.85. The third-order valence-corrected chi connectivity index (χ3v) is 10.6. The second-order valence-corrected chi connectivity index (χ2v) is 16.1. The van der Waals surface area contributed by atoms with Crippen LogP contribution in [0.1, 0.15) is 232 Å². The first-order chi connectivity index (χ1) is 22.8. The van der Waals surface area contributed by atoms with Gasteiger partial charge in [0, 0.05) is 6.42 Å². The van der Waals surface area contributed by atoms with E-state index < -0.39 is 28.0 Å². The molecule has 0 rings (SSSR count). The van der Waals surface area contributed by atoms with Gasteiger partial charge in [0.1, 0.15) is 0 Å². The smallest absolute Gasteiger partial charge is 0.266 e. The molecule has 0 aliphatic carbocycles. The third kappa shape index (κ3) is 36.4. The Bertz CT molecular complexity index is 760. The highest BCUT2D eigenvalue weighted by Crippen LogP contribution is 2.17. The maximum absolute atomic E-state index is 12.5. The zero-order valence-corrected chi connectivity index (χ0v) is 32.2. The summed E-state index contributed by atoms with van der Waals surface area (Å²) in [6, 6.07) is -0.963. The van der Waals surface area contributed by atoms with Crippen molar-refractivity contribution in [3.05, 3.63) is 0 Å². The van der Waals surface area contributed by atoms with Crippen LogP contribution in [0.2, 0.25) is 0 Å². The Labute approximate surface area is 293 Å². The molecule has 0 aliphatic heterocycles. The lowest BCUT2D eigenvalue weighted by molar-refractivity contribution is -0.122. The zero-order chi connectivity index (χ0) is 34.7. The van der Waals surface area contributed by atoms with Gasteiger partial charge < -0.3 is 10.4 Å². The minimum atomic E-state index is -4.30. The molecule has 2 atom stereocenters. The normalized spacial score (nSPS) is 13.2. The molecule has 0 radical (unpaired) electrons. The molecule has 0 fully saturated rings. The number of carbonyl (C=O) groups is 1. The number of nitrogens with one attached hydrogen (secondary N) is 1. The second-order valence-electron chi connectivity index (χ2n) is 14.6. The minimum Gasteiger partial charge on any atom is -0.391 e. The summed E-state index contributed by atoms with van der Waals surface area (Å²) in [6.45, 7) is 4.53. The van der Waals surface area contributed by atoms with Crippen LogP contribution in [0.15, 0.2) is 0 Å². The topological polar surface area (TPSA) is 104 Å². The molecule has 0 aliphatic rings. The van der Waals surface area contributed by atoms with E-state index in [1.807, 2.05) is 0 Å². The molecule has 0 bridgehead atoms. The minimum absolute atomic E-state index is 0.241. The lowest BCUT2D eigenvalue weighted by atomic mass is 10.0. The highest BCUT2D eigenvalue weighted by Gasteiger charge is 2.26. The Morgan fingerprint density at radius 2 is 0.766 bits per heavy atom. The molecule has 282 valence electrons. The SMILES string of the molecule is CCCCCCCCCCCCCCCCCCCCC(O)C(CS(=O)(=O)O)NC(=O)CCCCCCCCCCCCCCCC. The lowest BCUT2D eigenvalue weighted by Crippen LogP contribution is -2.47. The molecule has 0 aromatic carbocycles. The molecule has 0 aromatic rings. The van der Waals surface area contributed by atoms with Gasteiger partial charge in [0.25, 0.3) is 10.1 Å². The van der Waals surface area contributed by atoms with Gasteiger partial charge in [-0.2, -0.15) is 8.42 Å². The van der Waals surface area contributed by atoms with Gasteiger partial charge in [0.2, 0.25) is 5.91 Å². The van der Waals surface area contributed by atoms with Gasteiger partial charge in [-0.25, -0.2) is 0 Å². The first-order valence-electron chi connectivity index (χ1n) is 20.7. The largest absolute Gasteiger partial charge is 0.391 e. The highest BCUT2D eigenvalue weighted by atomic mass is 32.2. The van der Waals surface area contributed by atoms with Gasteiger partial charge in [0.05, 0.1) is 17.9 Å². The van der Waals surface area contributed by atoms with Crippen molar-refractivity contribution in [3.8, 4) is 0 Å². The predicted molar refractivity (Wildman–Crippen MR) is 203 cm³/mol. The Hall–Kier alpha value is -0.660. The number of hydrogen-bond donors (Lipinski definition) is 3. The van der Waals surface area contributed by atoms with Crippen LogP contribution in [0.25, 0.3) is 0 Å². The molecule has 1 amide bonds. The fourth-order valence-electron chi connectivity index (χ4n) is 6.69. The summed E-state index contributed by atoms with van der Waals surface area (Å²) in [7, 11) is -4.30. The van der Waals surface area contributed by atoms with Crippen molar-refractivity contribution in [2.45, 2.75) is 244 Å². The van der Waals surface area contributed by atoms with Crippen LogP contribution in [-0.2, 0) is 14.9 Å². The maximum atomic E-state index is 12.5. The van der Waals surface area contributed by atoms with Gasteiger partial charge in [-0.15, -0.1) is 0 Å². The molecule has 0 saturated heterocycles. The van der Waals surface area contributed by atoms with Gasteiger partial charge in [0.15, 0.2) is 0 Å². The Morgan fingerprint density at radius 3 is 1.06 bits per heavy atom. The van der Waals surface area contributed by atoms with E-state index in [1.165, 1.54) is 167 Å². The number of unbranched alkanes of at least 4 members (excludes halogenated alkanes) is 30. The van der Waals surface area contributed by atoms with E-state index in [4.69, 9.17) is 0 Å². The summed E-state index contributed by atoms with van der Waals surface area (Å²) in [4.78, 5) is 12.5. The summed E-state index contributed by atoms with van der Waals surface area (Å²) < 4.78 is 32.5. The molecular weight excluding hydrogens is 607 g/mol. The van der Waals surface area contributed by atoms with Crippen LogP contribution in [0.5, 0.6) is 0 Å². The molecule has 0 heterocycles. The molecule has 2 unspecified atom stereocenters. The van der Waals surface area contributed by atoms with Crippen LogP contribution in [-0.4, -0.2) is 41.9 Å². The average molecular weight is 688 g/mol. The van der Waals surface area contributed by atoms with E-state index in [1.54, 1.807) is 0 Å². The maximum Gasteiger partial charge on any atom is 0.266 e. The van der Waals surface area contributed by atoms with Crippen molar-refractivity contribution in [1.82, 2.24) is 5.32 Å². The number of aliphatic hydroxyl groups is 1. The van der Waals surface area contributed by atoms with Crippen LogP contribution in [0.3, 0.4) is 0 Å². The van der Waals surface area contributed by atoms with Crippen molar-refractivity contribution >= 4 is 16.0 Å². The first kappa shape index (κ1) is 46.3. The number of carbonyl (C=O) groups excluding carboxylic acids is 1. The fraction of sp³-hybridized carbons (Fsp3) is 0.975. The summed E-state index contributed by atoms with van der Waals surface area (Å²) in [5.41, 5.74) is 0. The molecule has 6 nitrogen and oxygen atoms in total. The number of rotatable bonds is 38. The van der Waals surface area contributed by atoms with Crippen molar-refractivity contribution in [3.63, 3.8) is 0 Å². The van der Waals surface area contributed by atoms with E-state index in [0.29, 0.717) is 12.8 Å². The Morgan fingerprint density at radius 1 is 0.489 bits per heavy atom. The van der Waals surface area contributed by atoms with E-state index in [-0.39, 0.29) is 5.91 Å². The molecule has 3 N–H and O–H groups in total. The second kappa shape index (κ2) is 35.2. The average Bonchev–Trinajstić information content (AvgIpc) is 3.03. The number of hydrogen-bond acceptors (Lipinski definition) is 4. The van der Waals surface area contributed by atoms with Gasteiger partial charge >= 0.3 is 0 Å². The molecule has 0 spiro atoms. The van der Waals surface area contributed by atoms with Crippen molar-refractivity contribution in [1.29, 1.82) is 0 Å². The number of aliphatic hydroxyl groups excluding tert-OH is 1. The summed E-state index contributed by atoms with van der Waals surface area (Å²) in [5, 5.41) is 13.4. The standard InChI is InChI=1S/C40H81NO5S/c1-3-5-7-9-11-13-15-17-19-20-21-22-23-25-27-29-31-33-35-39(42)38(37-47(44,45)46)41-40(43)36-34-32-30-28-26-24-18-16-14-12-10-8-6-4-2/h38-39,42H,3-37H2,1-2H3,(H,41,43)(H,44,45,46). The molecular formula is C40H81NO5S. The summed E-state index contributed by atoms with van der Waals surface area (Å²) in [5.74, 6) is -0.882. The third-order valence-electron chi connectivity index (χ3n) is 9.81. The van der Waals surface area contributed by atoms with E-state index >= 15 is 0 Å². The van der Waals surface area contributed by atoms with Gasteiger partial charge in [-0.3, -0.25) is 9.35 Å². The van der Waals surface area contributed by atoms with Crippen molar-refractivity contribution < 1.29 is 22.9 Å².